The van der Waals surface area contributed by atoms with Crippen molar-refractivity contribution in [2.75, 3.05) is 0 Å². The molecule has 3 N–H and O–H groups in total. The van der Waals surface area contributed by atoms with Gasteiger partial charge in [-0.1, -0.05) is 30.3 Å². The summed E-state index contributed by atoms with van der Waals surface area (Å²) in [5.41, 5.74) is 0.761. The number of aliphatic carboxylic acids is 1. The summed E-state index contributed by atoms with van der Waals surface area (Å²) in [6, 6.07) is 8.88. The van der Waals surface area contributed by atoms with Crippen LogP contribution in [0.25, 0.3) is 0 Å². The summed E-state index contributed by atoms with van der Waals surface area (Å²) < 4.78 is 4.45. The van der Waals surface area contributed by atoms with Crippen molar-refractivity contribution in [2.24, 2.45) is 0 Å². The van der Waals surface area contributed by atoms with Gasteiger partial charge in [0.2, 0.25) is 0 Å². The van der Waals surface area contributed by atoms with Gasteiger partial charge in [0, 0.05) is 0 Å². The van der Waals surface area contributed by atoms with Crippen LogP contribution < -0.4 is 23.9 Å². The predicted molar refractivity (Wildman–Crippen MR) is 54.1 cm³/mol. The van der Waals surface area contributed by atoms with Gasteiger partial charge in [-0.05, 0) is 5.56 Å². The van der Waals surface area contributed by atoms with Crippen LogP contribution in [0.5, 0.6) is 0 Å². The number of esters is 1. The zero-order valence-electron chi connectivity index (χ0n) is 9.65. The maximum absolute atomic E-state index is 10.5. The molecule has 0 fully saturated rings. The van der Waals surface area contributed by atoms with E-state index in [0.29, 0.717) is 0 Å². The number of hydrogen-bond donors (Lipinski definition) is 3. The molecule has 18 heavy (non-hydrogen) atoms. The van der Waals surface area contributed by atoms with Gasteiger partial charge in [0.25, 0.3) is 0 Å². The number of benzene rings is 1. The summed E-state index contributed by atoms with van der Waals surface area (Å²) in [7, 11) is -2.42. The van der Waals surface area contributed by atoms with Crippen LogP contribution in [0, 0.1) is 0 Å². The third-order valence-electron chi connectivity index (χ3n) is 1.39. The van der Waals surface area contributed by atoms with Gasteiger partial charge < -0.3 is 24.9 Å². The quantitative estimate of drug-likeness (QED) is 0.272. The molecule has 0 unspecified atom stereocenters. The first-order valence-corrected chi connectivity index (χ1v) is 4.39. The molecular formula is C9H10BLiO7. The van der Waals surface area contributed by atoms with Gasteiger partial charge in [0.1, 0.15) is 6.61 Å². The molecule has 1 aromatic carbocycles. The SMILES string of the molecule is O=C(O)C(=O)OCc1ccccc1.[Li+].[O-]B(O)O. The maximum atomic E-state index is 10.5. The molecule has 0 atom stereocenters. The molecule has 0 saturated heterocycles. The van der Waals surface area contributed by atoms with Crippen LogP contribution >= 0.6 is 0 Å². The first kappa shape index (κ1) is 19.1. The Bertz CT molecular complexity index is 354. The molecule has 0 aliphatic heterocycles. The van der Waals surface area contributed by atoms with Crippen molar-refractivity contribution in [3.63, 3.8) is 0 Å². The van der Waals surface area contributed by atoms with Crippen molar-refractivity contribution in [3.05, 3.63) is 35.9 Å². The Kier molecular flexibility index (Phi) is 11.5. The van der Waals surface area contributed by atoms with Gasteiger partial charge in [0.15, 0.2) is 0 Å². The molecule has 0 saturated carbocycles. The van der Waals surface area contributed by atoms with E-state index in [4.69, 9.17) is 20.2 Å². The molecule has 9 heteroatoms. The van der Waals surface area contributed by atoms with Crippen LogP contribution in [0.15, 0.2) is 30.3 Å². The number of carbonyl (C=O) groups is 2. The summed E-state index contributed by atoms with van der Waals surface area (Å²) in [4.78, 5) is 20.5. The average molecular weight is 248 g/mol. The fourth-order valence-corrected chi connectivity index (χ4v) is 0.785. The zero-order valence-corrected chi connectivity index (χ0v) is 9.65. The molecule has 1 rings (SSSR count). The van der Waals surface area contributed by atoms with Crippen molar-refractivity contribution in [2.45, 2.75) is 6.61 Å². The fourth-order valence-electron chi connectivity index (χ4n) is 0.785. The Labute approximate surface area is 115 Å². The van der Waals surface area contributed by atoms with E-state index in [-0.39, 0.29) is 25.5 Å². The van der Waals surface area contributed by atoms with Crippen molar-refractivity contribution >= 4 is 19.3 Å². The summed E-state index contributed by atoms with van der Waals surface area (Å²) in [5, 5.41) is 30.9. The second-order valence-electron chi connectivity index (χ2n) is 2.69. The first-order valence-electron chi connectivity index (χ1n) is 4.39. The van der Waals surface area contributed by atoms with Crippen LogP contribution in [0.3, 0.4) is 0 Å². The van der Waals surface area contributed by atoms with Crippen LogP contribution in [0.2, 0.25) is 0 Å². The Morgan fingerprint density at radius 3 is 2.06 bits per heavy atom. The molecule has 0 heterocycles. The topological polar surface area (TPSA) is 127 Å². The van der Waals surface area contributed by atoms with Gasteiger partial charge in [-0.15, -0.1) is 0 Å². The maximum Gasteiger partial charge on any atom is 1.00 e. The second-order valence-corrected chi connectivity index (χ2v) is 2.69. The number of carbonyl (C=O) groups excluding carboxylic acids is 1. The van der Waals surface area contributed by atoms with Crippen LogP contribution in [0.4, 0.5) is 0 Å². The number of hydrogen-bond acceptors (Lipinski definition) is 6. The molecule has 0 aliphatic rings. The molecule has 0 aromatic heterocycles. The van der Waals surface area contributed by atoms with E-state index in [9.17, 15) is 9.59 Å². The molecule has 0 radical (unpaired) electrons. The number of carboxylic acids is 1. The average Bonchev–Trinajstić information content (AvgIpc) is 2.26. The molecule has 0 amide bonds. The summed E-state index contributed by atoms with van der Waals surface area (Å²) in [5.74, 6) is -2.81. The van der Waals surface area contributed by atoms with Gasteiger partial charge in [0.05, 0.1) is 0 Å². The Morgan fingerprint density at radius 2 is 1.67 bits per heavy atom. The third kappa shape index (κ3) is 11.2. The van der Waals surface area contributed by atoms with E-state index < -0.39 is 19.3 Å². The van der Waals surface area contributed by atoms with Gasteiger partial charge in [-0.2, -0.15) is 0 Å². The standard InChI is InChI=1S/C9H8O4.BH2O3.Li/c10-8(11)9(12)13-6-7-4-2-1-3-5-7;2-1(3)4;/h1-5H,6H2,(H,10,11);2-3H;/q;-1;+1. The summed E-state index contributed by atoms with van der Waals surface area (Å²) in [6.45, 7) is -0.00796. The van der Waals surface area contributed by atoms with Crippen LogP contribution in [-0.2, 0) is 20.9 Å². The molecular weight excluding hydrogens is 238 g/mol. The van der Waals surface area contributed by atoms with Crippen LogP contribution in [0.1, 0.15) is 5.56 Å². The van der Waals surface area contributed by atoms with E-state index in [2.05, 4.69) is 4.74 Å². The van der Waals surface area contributed by atoms with E-state index in [0.717, 1.165) is 5.56 Å². The largest absolute Gasteiger partial charge is 1.00 e. The molecule has 1 aromatic rings. The van der Waals surface area contributed by atoms with E-state index in [1.807, 2.05) is 6.07 Å². The Balaban J connectivity index is 0. The minimum absolute atomic E-state index is 0. The van der Waals surface area contributed by atoms with E-state index in [1.54, 1.807) is 24.3 Å². The molecule has 0 bridgehead atoms. The Hall–Kier alpha value is -1.30. The zero-order chi connectivity index (χ0) is 13.3. The van der Waals surface area contributed by atoms with E-state index >= 15 is 0 Å². The molecule has 92 valence electrons. The predicted octanol–water partition coefficient (Wildman–Crippen LogP) is -4.87. The summed E-state index contributed by atoms with van der Waals surface area (Å²) >= 11 is 0. The summed E-state index contributed by atoms with van der Waals surface area (Å²) in [6.07, 6.45) is 0. The number of ether oxygens (including phenoxy) is 1. The third-order valence-corrected chi connectivity index (χ3v) is 1.39. The Morgan fingerprint density at radius 1 is 1.22 bits per heavy atom. The van der Waals surface area contributed by atoms with Gasteiger partial charge >= 0.3 is 38.1 Å². The van der Waals surface area contributed by atoms with Crippen molar-refractivity contribution in [3.8, 4) is 0 Å². The van der Waals surface area contributed by atoms with Crippen LogP contribution in [-0.4, -0.2) is 34.4 Å². The minimum atomic E-state index is -2.42. The van der Waals surface area contributed by atoms with Gasteiger partial charge in [-0.25, -0.2) is 9.59 Å². The molecule has 0 spiro atoms. The normalized spacial score (nSPS) is 8.17. The first-order chi connectivity index (χ1) is 7.93. The van der Waals surface area contributed by atoms with E-state index in [1.165, 1.54) is 0 Å². The number of rotatable bonds is 2. The van der Waals surface area contributed by atoms with Gasteiger partial charge in [-0.3, -0.25) is 0 Å². The van der Waals surface area contributed by atoms with Crippen molar-refractivity contribution in [1.29, 1.82) is 0 Å². The smallest absolute Gasteiger partial charge is 0.832 e. The molecule has 0 aliphatic carbocycles. The fraction of sp³-hybridized carbons (Fsp3) is 0.111. The second kappa shape index (κ2) is 10.8. The monoisotopic (exact) mass is 248 g/mol. The minimum Gasteiger partial charge on any atom is -0.832 e. The van der Waals surface area contributed by atoms with Crippen molar-refractivity contribution < 1.29 is 53.4 Å². The molecule has 7 nitrogen and oxygen atoms in total. The number of carboxylic acid groups (broad SMARTS) is 1. The van der Waals surface area contributed by atoms with Crippen molar-refractivity contribution in [1.82, 2.24) is 0 Å².